The number of thiophene rings is 1. The third-order valence-corrected chi connectivity index (χ3v) is 3.64. The summed E-state index contributed by atoms with van der Waals surface area (Å²) in [7, 11) is 0. The second kappa shape index (κ2) is 6.19. The van der Waals surface area contributed by atoms with Gasteiger partial charge in [-0.25, -0.2) is 14.6 Å². The Morgan fingerprint density at radius 1 is 1.20 bits per heavy atom. The molecule has 0 unspecified atom stereocenters. The first-order chi connectivity index (χ1) is 9.60. The number of fused-ring (bicyclic) bond motifs is 1. The van der Waals surface area contributed by atoms with Crippen LogP contribution in [0.4, 0.5) is 0 Å². The fourth-order valence-corrected chi connectivity index (χ4v) is 2.83. The Kier molecular flexibility index (Phi) is 4.57. The fraction of sp³-hybridized carbons (Fsp3) is 0.308. The van der Waals surface area contributed by atoms with Gasteiger partial charge in [-0.3, -0.25) is 0 Å². The van der Waals surface area contributed by atoms with Crippen molar-refractivity contribution in [1.29, 1.82) is 0 Å². The van der Waals surface area contributed by atoms with E-state index >= 15 is 0 Å². The molecule has 2 rings (SSSR count). The first kappa shape index (κ1) is 14.7. The summed E-state index contributed by atoms with van der Waals surface area (Å²) in [5.74, 6) is -1.37. The second-order valence-corrected chi connectivity index (χ2v) is 4.88. The molecule has 0 N–H and O–H groups in total. The van der Waals surface area contributed by atoms with Crippen LogP contribution in [0.2, 0.25) is 5.02 Å². The van der Waals surface area contributed by atoms with E-state index < -0.39 is 11.9 Å². The molecule has 0 spiro atoms. The van der Waals surface area contributed by atoms with E-state index in [9.17, 15) is 9.59 Å². The van der Waals surface area contributed by atoms with Crippen molar-refractivity contribution in [2.75, 3.05) is 13.2 Å². The highest BCUT2D eigenvalue weighted by molar-refractivity contribution is 7.09. The van der Waals surface area contributed by atoms with Crippen LogP contribution in [-0.4, -0.2) is 30.1 Å². The molecule has 0 atom stereocenters. The molecule has 0 aromatic carbocycles. The third-order valence-electron chi connectivity index (χ3n) is 2.51. The maximum absolute atomic E-state index is 12.0. The Hall–Kier alpha value is -1.66. The van der Waals surface area contributed by atoms with Crippen LogP contribution in [0, 0.1) is 0 Å². The van der Waals surface area contributed by atoms with Crippen molar-refractivity contribution >= 4 is 45.8 Å². The van der Waals surface area contributed by atoms with Gasteiger partial charge in [0.15, 0.2) is 5.69 Å². The normalized spacial score (nSPS) is 10.6. The Balaban J connectivity index is 2.65. The van der Waals surface area contributed by atoms with E-state index in [4.69, 9.17) is 21.1 Å². The molecule has 0 fully saturated rings. The Morgan fingerprint density at radius 3 is 2.50 bits per heavy atom. The summed E-state index contributed by atoms with van der Waals surface area (Å²) >= 11 is 7.60. The molecule has 0 aliphatic carbocycles. The fourth-order valence-electron chi connectivity index (χ4n) is 1.69. The lowest BCUT2D eigenvalue weighted by atomic mass is 10.1. The van der Waals surface area contributed by atoms with Crippen molar-refractivity contribution in [3.8, 4) is 0 Å². The van der Waals surface area contributed by atoms with Gasteiger partial charge in [-0.1, -0.05) is 11.6 Å². The minimum Gasteiger partial charge on any atom is -0.462 e. The van der Waals surface area contributed by atoms with Gasteiger partial charge in [0.1, 0.15) is 5.56 Å². The highest BCUT2D eigenvalue weighted by Crippen LogP contribution is 2.31. The van der Waals surface area contributed by atoms with E-state index in [-0.39, 0.29) is 29.5 Å². The smallest absolute Gasteiger partial charge is 0.357 e. The number of ether oxygens (including phenoxy) is 2. The van der Waals surface area contributed by atoms with E-state index in [0.29, 0.717) is 10.9 Å². The molecule has 2 aromatic heterocycles. The van der Waals surface area contributed by atoms with E-state index in [1.54, 1.807) is 24.6 Å². The van der Waals surface area contributed by atoms with E-state index in [1.165, 1.54) is 11.3 Å². The lowest BCUT2D eigenvalue weighted by molar-refractivity contribution is 0.0474. The third kappa shape index (κ3) is 2.62. The van der Waals surface area contributed by atoms with Gasteiger partial charge in [0.25, 0.3) is 0 Å². The number of halogens is 1. The molecule has 2 heterocycles. The zero-order chi connectivity index (χ0) is 14.7. The molecular weight excluding hydrogens is 302 g/mol. The Labute approximate surface area is 124 Å². The Bertz CT molecular complexity index is 668. The topological polar surface area (TPSA) is 65.5 Å². The van der Waals surface area contributed by atoms with Gasteiger partial charge in [0, 0.05) is 16.1 Å². The summed E-state index contributed by atoms with van der Waals surface area (Å²) in [4.78, 5) is 28.1. The van der Waals surface area contributed by atoms with Crippen LogP contribution < -0.4 is 0 Å². The molecule has 0 amide bonds. The van der Waals surface area contributed by atoms with Crippen molar-refractivity contribution in [2.24, 2.45) is 0 Å². The minimum atomic E-state index is -0.689. The van der Waals surface area contributed by atoms with Gasteiger partial charge >= 0.3 is 11.9 Å². The molecule has 0 saturated carbocycles. The van der Waals surface area contributed by atoms with Gasteiger partial charge in [0.05, 0.1) is 23.8 Å². The SMILES string of the molecule is CCOC(=O)c1nc2cscc2c(Cl)c1C(=O)OCC. The predicted octanol–water partition coefficient (Wildman–Crippen LogP) is 3.30. The summed E-state index contributed by atoms with van der Waals surface area (Å²) in [5, 5.41) is 4.30. The number of pyridine rings is 1. The maximum Gasteiger partial charge on any atom is 0.357 e. The van der Waals surface area contributed by atoms with Crippen molar-refractivity contribution in [3.63, 3.8) is 0 Å². The molecule has 0 aliphatic rings. The van der Waals surface area contributed by atoms with Gasteiger partial charge in [0.2, 0.25) is 0 Å². The lowest BCUT2D eigenvalue weighted by Crippen LogP contribution is -2.16. The number of carbonyl (C=O) groups excluding carboxylic acids is 2. The van der Waals surface area contributed by atoms with E-state index in [2.05, 4.69) is 4.98 Å². The van der Waals surface area contributed by atoms with Gasteiger partial charge in [-0.2, -0.15) is 0 Å². The molecular formula is C13H12ClNO4S. The highest BCUT2D eigenvalue weighted by atomic mass is 35.5. The highest BCUT2D eigenvalue weighted by Gasteiger charge is 2.26. The van der Waals surface area contributed by atoms with Crippen molar-refractivity contribution in [3.05, 3.63) is 27.0 Å². The maximum atomic E-state index is 12.0. The number of hydrogen-bond donors (Lipinski definition) is 0. The molecule has 5 nitrogen and oxygen atoms in total. The van der Waals surface area contributed by atoms with Crippen molar-refractivity contribution in [1.82, 2.24) is 4.98 Å². The summed E-state index contributed by atoms with van der Waals surface area (Å²) in [6.07, 6.45) is 0. The van der Waals surface area contributed by atoms with Crippen LogP contribution in [0.25, 0.3) is 10.9 Å². The molecule has 106 valence electrons. The lowest BCUT2D eigenvalue weighted by Gasteiger charge is -2.10. The quantitative estimate of drug-likeness (QED) is 0.810. The molecule has 0 bridgehead atoms. The molecule has 0 aliphatic heterocycles. The monoisotopic (exact) mass is 313 g/mol. The summed E-state index contributed by atoms with van der Waals surface area (Å²) in [6.45, 7) is 3.71. The molecule has 7 heteroatoms. The van der Waals surface area contributed by atoms with Crippen LogP contribution >= 0.6 is 22.9 Å². The number of rotatable bonds is 4. The van der Waals surface area contributed by atoms with Gasteiger partial charge < -0.3 is 9.47 Å². The minimum absolute atomic E-state index is 0.0436. The van der Waals surface area contributed by atoms with Gasteiger partial charge in [-0.15, -0.1) is 11.3 Å². The zero-order valence-corrected chi connectivity index (χ0v) is 12.5. The van der Waals surface area contributed by atoms with Crippen LogP contribution in [0.15, 0.2) is 10.8 Å². The standard InChI is InChI=1S/C13H12ClNO4S/c1-3-18-12(16)9-10(14)7-5-20-6-8(7)15-11(9)13(17)19-4-2/h5-6H,3-4H2,1-2H3. The first-order valence-corrected chi connectivity index (χ1v) is 7.31. The first-order valence-electron chi connectivity index (χ1n) is 5.99. The average Bonchev–Trinajstić information content (AvgIpc) is 2.87. The number of hydrogen-bond acceptors (Lipinski definition) is 6. The van der Waals surface area contributed by atoms with E-state index in [0.717, 1.165) is 0 Å². The van der Waals surface area contributed by atoms with Crippen LogP contribution in [0.1, 0.15) is 34.7 Å². The molecule has 2 aromatic rings. The number of carbonyl (C=O) groups is 2. The summed E-state index contributed by atoms with van der Waals surface area (Å²) in [6, 6.07) is 0. The van der Waals surface area contributed by atoms with Crippen LogP contribution in [-0.2, 0) is 9.47 Å². The molecule has 20 heavy (non-hydrogen) atoms. The van der Waals surface area contributed by atoms with Crippen LogP contribution in [0.3, 0.4) is 0 Å². The second-order valence-electron chi connectivity index (χ2n) is 3.76. The van der Waals surface area contributed by atoms with E-state index in [1.807, 2.05) is 0 Å². The zero-order valence-electron chi connectivity index (χ0n) is 10.9. The number of aromatic nitrogens is 1. The largest absolute Gasteiger partial charge is 0.462 e. The average molecular weight is 314 g/mol. The summed E-state index contributed by atoms with van der Waals surface area (Å²) in [5.41, 5.74) is 0.398. The number of nitrogens with zero attached hydrogens (tertiary/aromatic N) is 1. The van der Waals surface area contributed by atoms with Crippen molar-refractivity contribution < 1.29 is 19.1 Å². The molecule has 0 radical (unpaired) electrons. The predicted molar refractivity (Wildman–Crippen MR) is 76.5 cm³/mol. The van der Waals surface area contributed by atoms with Crippen LogP contribution in [0.5, 0.6) is 0 Å². The number of esters is 2. The van der Waals surface area contributed by atoms with Gasteiger partial charge in [-0.05, 0) is 13.8 Å². The molecule has 0 saturated heterocycles. The van der Waals surface area contributed by atoms with Crippen molar-refractivity contribution in [2.45, 2.75) is 13.8 Å². The summed E-state index contributed by atoms with van der Waals surface area (Å²) < 4.78 is 9.85. The Morgan fingerprint density at radius 2 is 1.85 bits per heavy atom.